The summed E-state index contributed by atoms with van der Waals surface area (Å²) in [5, 5.41) is 2.77. The van der Waals surface area contributed by atoms with Crippen LogP contribution in [0.25, 0.3) is 0 Å². The van der Waals surface area contributed by atoms with Crippen LogP contribution in [0.5, 0.6) is 0 Å². The summed E-state index contributed by atoms with van der Waals surface area (Å²) in [7, 11) is 0. The molecule has 1 aromatic carbocycles. The molecule has 3 aliphatic rings. The van der Waals surface area contributed by atoms with Gasteiger partial charge in [-0.3, -0.25) is 0 Å². The minimum absolute atomic E-state index is 0.0350. The van der Waals surface area contributed by atoms with Gasteiger partial charge >= 0.3 is 6.09 Å². The van der Waals surface area contributed by atoms with E-state index >= 15 is 0 Å². The van der Waals surface area contributed by atoms with Gasteiger partial charge in [0.25, 0.3) is 0 Å². The maximum absolute atomic E-state index is 11.7. The molecule has 3 aliphatic heterocycles. The number of amides is 1. The molecular formula is C17H21NO6. The molecule has 0 radical (unpaired) electrons. The van der Waals surface area contributed by atoms with Gasteiger partial charge in [0.2, 0.25) is 0 Å². The fourth-order valence-electron chi connectivity index (χ4n) is 3.32. The largest absolute Gasteiger partial charge is 0.441 e. The van der Waals surface area contributed by atoms with Crippen molar-refractivity contribution in [2.75, 3.05) is 6.61 Å². The van der Waals surface area contributed by atoms with Gasteiger partial charge in [-0.2, -0.15) is 0 Å². The van der Waals surface area contributed by atoms with E-state index in [1.54, 1.807) is 0 Å². The van der Waals surface area contributed by atoms with Crippen LogP contribution in [0.2, 0.25) is 0 Å². The van der Waals surface area contributed by atoms with E-state index in [0.29, 0.717) is 6.61 Å². The molecule has 130 valence electrons. The highest BCUT2D eigenvalue weighted by molar-refractivity contribution is 5.70. The van der Waals surface area contributed by atoms with E-state index in [1.807, 2.05) is 44.2 Å². The highest BCUT2D eigenvalue weighted by Crippen LogP contribution is 2.37. The van der Waals surface area contributed by atoms with Crippen molar-refractivity contribution in [3.8, 4) is 0 Å². The van der Waals surface area contributed by atoms with Crippen molar-refractivity contribution in [1.29, 1.82) is 0 Å². The summed E-state index contributed by atoms with van der Waals surface area (Å²) in [6.45, 7) is 4.19. The van der Waals surface area contributed by atoms with Gasteiger partial charge < -0.3 is 29.0 Å². The Hall–Kier alpha value is -1.67. The number of rotatable bonds is 3. The van der Waals surface area contributed by atoms with Gasteiger partial charge in [0.15, 0.2) is 18.7 Å². The number of hydrogen-bond donors (Lipinski definition) is 1. The van der Waals surface area contributed by atoms with E-state index in [2.05, 4.69) is 5.32 Å². The molecular weight excluding hydrogens is 314 g/mol. The number of benzene rings is 1. The lowest BCUT2D eigenvalue weighted by Crippen LogP contribution is -2.63. The molecule has 1 unspecified atom stereocenters. The van der Waals surface area contributed by atoms with E-state index in [4.69, 9.17) is 23.7 Å². The van der Waals surface area contributed by atoms with E-state index in [9.17, 15) is 4.79 Å². The van der Waals surface area contributed by atoms with Gasteiger partial charge in [-0.05, 0) is 13.8 Å². The molecule has 0 spiro atoms. The zero-order valence-corrected chi connectivity index (χ0v) is 13.6. The van der Waals surface area contributed by atoms with Crippen LogP contribution in [0.15, 0.2) is 30.3 Å². The Morgan fingerprint density at radius 3 is 2.71 bits per heavy atom. The maximum Gasteiger partial charge on any atom is 0.408 e. The van der Waals surface area contributed by atoms with Gasteiger partial charge in [-0.25, -0.2) is 4.79 Å². The zero-order valence-electron chi connectivity index (χ0n) is 13.6. The van der Waals surface area contributed by atoms with Crippen LogP contribution in [0, 0.1) is 0 Å². The zero-order chi connectivity index (χ0) is 16.7. The first-order valence-corrected chi connectivity index (χ1v) is 8.22. The second kappa shape index (κ2) is 6.33. The van der Waals surface area contributed by atoms with Crippen LogP contribution in [0.3, 0.4) is 0 Å². The Kier molecular flexibility index (Phi) is 4.17. The molecule has 0 aliphatic carbocycles. The summed E-state index contributed by atoms with van der Waals surface area (Å²) in [4.78, 5) is 11.7. The number of hydrogen-bond acceptors (Lipinski definition) is 6. The van der Waals surface area contributed by atoms with E-state index < -0.39 is 36.9 Å². The average molecular weight is 335 g/mol. The second-order valence-corrected chi connectivity index (χ2v) is 6.44. The van der Waals surface area contributed by atoms with Crippen LogP contribution in [-0.2, 0) is 23.7 Å². The molecule has 0 saturated carbocycles. The summed E-state index contributed by atoms with van der Waals surface area (Å²) in [5.74, 6) is 0. The fourth-order valence-corrected chi connectivity index (χ4v) is 3.32. The Morgan fingerprint density at radius 2 is 1.96 bits per heavy atom. The van der Waals surface area contributed by atoms with Crippen molar-refractivity contribution in [3.63, 3.8) is 0 Å². The van der Waals surface area contributed by atoms with Crippen molar-refractivity contribution in [3.05, 3.63) is 35.9 Å². The van der Waals surface area contributed by atoms with Crippen LogP contribution in [0.4, 0.5) is 4.79 Å². The number of carbonyl (C=O) groups is 1. The molecule has 1 N–H and O–H groups in total. The Morgan fingerprint density at radius 1 is 1.17 bits per heavy atom. The first-order chi connectivity index (χ1) is 11.6. The number of fused-ring (bicyclic) bond motifs is 3. The Balaban J connectivity index is 1.54. The van der Waals surface area contributed by atoms with Crippen LogP contribution < -0.4 is 5.32 Å². The van der Waals surface area contributed by atoms with Crippen molar-refractivity contribution >= 4 is 6.09 Å². The summed E-state index contributed by atoms with van der Waals surface area (Å²) in [6.07, 6.45) is -2.80. The molecule has 0 bridgehead atoms. The quantitative estimate of drug-likeness (QED) is 0.907. The minimum Gasteiger partial charge on any atom is -0.441 e. The van der Waals surface area contributed by atoms with E-state index in [-0.39, 0.29) is 12.2 Å². The summed E-state index contributed by atoms with van der Waals surface area (Å²) in [5.41, 5.74) is 0.922. The molecule has 1 aromatic rings. The van der Waals surface area contributed by atoms with Gasteiger partial charge in [0, 0.05) is 5.56 Å². The third-order valence-corrected chi connectivity index (χ3v) is 4.34. The Bertz CT molecular complexity index is 594. The highest BCUT2D eigenvalue weighted by atomic mass is 16.8. The normalized spacial score (nSPS) is 38.2. The smallest absolute Gasteiger partial charge is 0.408 e. The molecule has 7 nitrogen and oxygen atoms in total. The molecule has 1 amide bonds. The minimum atomic E-state index is -0.580. The molecule has 7 heteroatoms. The second-order valence-electron chi connectivity index (χ2n) is 6.44. The predicted molar refractivity (Wildman–Crippen MR) is 82.1 cm³/mol. The van der Waals surface area contributed by atoms with E-state index in [1.165, 1.54) is 0 Å². The summed E-state index contributed by atoms with van der Waals surface area (Å²) < 4.78 is 29.1. The molecule has 6 atom stereocenters. The lowest BCUT2D eigenvalue weighted by Gasteiger charge is -2.46. The monoisotopic (exact) mass is 335 g/mol. The first-order valence-electron chi connectivity index (χ1n) is 8.22. The fraction of sp³-hybridized carbons (Fsp3) is 0.588. The molecule has 3 saturated heterocycles. The number of carbonyl (C=O) groups excluding carboxylic acids is 1. The van der Waals surface area contributed by atoms with Gasteiger partial charge in [0.1, 0.15) is 18.2 Å². The average Bonchev–Trinajstić information content (AvgIpc) is 2.97. The van der Waals surface area contributed by atoms with Crippen molar-refractivity contribution in [1.82, 2.24) is 5.32 Å². The molecule has 0 aromatic heterocycles. The lowest BCUT2D eigenvalue weighted by atomic mass is 9.96. The summed E-state index contributed by atoms with van der Waals surface area (Å²) in [6, 6.07) is 9.28. The Labute approximate surface area is 140 Å². The van der Waals surface area contributed by atoms with Crippen LogP contribution in [-0.4, -0.2) is 49.4 Å². The van der Waals surface area contributed by atoms with Crippen molar-refractivity contribution in [2.24, 2.45) is 0 Å². The summed E-state index contributed by atoms with van der Waals surface area (Å²) >= 11 is 0. The van der Waals surface area contributed by atoms with Crippen LogP contribution >= 0.6 is 0 Å². The molecule has 24 heavy (non-hydrogen) atoms. The van der Waals surface area contributed by atoms with Crippen molar-refractivity contribution < 1.29 is 28.5 Å². The molecule has 3 heterocycles. The number of nitrogens with one attached hydrogen (secondary N) is 1. The van der Waals surface area contributed by atoms with Gasteiger partial charge in [-0.1, -0.05) is 30.3 Å². The van der Waals surface area contributed by atoms with Gasteiger partial charge in [0.05, 0.1) is 12.7 Å². The van der Waals surface area contributed by atoms with E-state index in [0.717, 1.165) is 5.56 Å². The molecule has 4 rings (SSSR count). The topological polar surface area (TPSA) is 75.2 Å². The maximum atomic E-state index is 11.7. The standard InChI is InChI=1S/C17H21NO6/c1-9(2)21-16-12-14(24-17(19)18-12)13-11(22-16)8-20-15(23-13)10-6-4-3-5-7-10/h3-7,9,11-16H,8H2,1-2H3,(H,18,19)/t11-,12-,13-,14+,15?,16-/m1/s1. The van der Waals surface area contributed by atoms with Gasteiger partial charge in [-0.15, -0.1) is 0 Å². The number of alkyl carbamates (subject to hydrolysis) is 1. The SMILES string of the molecule is CC(C)O[C@@H]1O[C@@H]2COC(c3ccccc3)O[C@H]2[C@H]2OC(=O)N[C@@H]12. The van der Waals surface area contributed by atoms with Crippen LogP contribution in [0.1, 0.15) is 25.7 Å². The third-order valence-electron chi connectivity index (χ3n) is 4.34. The number of ether oxygens (including phenoxy) is 5. The third kappa shape index (κ3) is 2.88. The predicted octanol–water partition coefficient (Wildman–Crippen LogP) is 1.73. The first kappa shape index (κ1) is 15.8. The highest BCUT2D eigenvalue weighted by Gasteiger charge is 2.56. The van der Waals surface area contributed by atoms with Crippen molar-refractivity contribution in [2.45, 2.75) is 56.9 Å². The lowest BCUT2D eigenvalue weighted by molar-refractivity contribution is -0.340. The molecule has 3 fully saturated rings.